The zero-order chi connectivity index (χ0) is 12.6. The van der Waals surface area contributed by atoms with Crippen LogP contribution in [0.5, 0.6) is 0 Å². The lowest BCUT2D eigenvalue weighted by Gasteiger charge is -2.20. The minimum Gasteiger partial charge on any atom is -0.312 e. The molecule has 1 heteroatoms. The van der Waals surface area contributed by atoms with Gasteiger partial charge in [0, 0.05) is 5.54 Å². The Morgan fingerprint density at radius 3 is 2.38 bits per heavy atom. The fourth-order valence-corrected chi connectivity index (χ4v) is 1.60. The first-order valence-corrected chi connectivity index (χ1v) is 6.10. The van der Waals surface area contributed by atoms with Crippen LogP contribution in [-0.4, -0.2) is 12.1 Å². The highest BCUT2D eigenvalue weighted by molar-refractivity contribution is 5.31. The molecule has 1 nitrogen and oxygen atoms in total. The molecule has 0 radical (unpaired) electrons. The fourth-order valence-electron chi connectivity index (χ4n) is 1.60. The second-order valence-electron chi connectivity index (χ2n) is 5.18. The third kappa shape index (κ3) is 7.47. The van der Waals surface area contributed by atoms with Crippen molar-refractivity contribution in [1.82, 2.24) is 5.32 Å². The zero-order valence-corrected chi connectivity index (χ0v) is 11.6. The van der Waals surface area contributed by atoms with Crippen LogP contribution >= 0.6 is 0 Å². The Morgan fingerprint density at radius 1 is 1.31 bits per heavy atom. The molecule has 92 valence electrons. The van der Waals surface area contributed by atoms with E-state index in [0.29, 0.717) is 0 Å². The largest absolute Gasteiger partial charge is 0.312 e. The topological polar surface area (TPSA) is 12.0 Å². The Bertz CT molecular complexity index is 264. The second-order valence-corrected chi connectivity index (χ2v) is 5.18. The lowest BCUT2D eigenvalue weighted by Crippen LogP contribution is -2.36. The highest BCUT2D eigenvalue weighted by Gasteiger charge is 2.07. The van der Waals surface area contributed by atoms with E-state index in [2.05, 4.69) is 58.7 Å². The van der Waals surface area contributed by atoms with Crippen LogP contribution in [0.25, 0.3) is 0 Å². The van der Waals surface area contributed by atoms with Gasteiger partial charge in [0.2, 0.25) is 0 Å². The minimum absolute atomic E-state index is 0.224. The van der Waals surface area contributed by atoms with Crippen molar-refractivity contribution in [3.8, 4) is 0 Å². The molecule has 16 heavy (non-hydrogen) atoms. The van der Waals surface area contributed by atoms with Crippen LogP contribution in [0.1, 0.15) is 47.5 Å². The van der Waals surface area contributed by atoms with E-state index < -0.39 is 0 Å². The molecule has 0 aliphatic rings. The van der Waals surface area contributed by atoms with Crippen LogP contribution in [0.3, 0.4) is 0 Å². The van der Waals surface area contributed by atoms with Gasteiger partial charge >= 0.3 is 0 Å². The van der Waals surface area contributed by atoms with E-state index in [0.717, 1.165) is 13.0 Å². The molecule has 0 aromatic heterocycles. The smallest absolute Gasteiger partial charge is 0.00965 e. The highest BCUT2D eigenvalue weighted by atomic mass is 14.9. The van der Waals surface area contributed by atoms with Gasteiger partial charge in [-0.25, -0.2) is 0 Å². The van der Waals surface area contributed by atoms with Crippen molar-refractivity contribution in [2.45, 2.75) is 53.0 Å². The van der Waals surface area contributed by atoms with E-state index in [9.17, 15) is 0 Å². The van der Waals surface area contributed by atoms with Crippen LogP contribution < -0.4 is 5.32 Å². The maximum Gasteiger partial charge on any atom is 0.00965 e. The molecule has 0 aromatic rings. The summed E-state index contributed by atoms with van der Waals surface area (Å²) < 4.78 is 0. The molecule has 0 spiro atoms. The van der Waals surface area contributed by atoms with Gasteiger partial charge in [0.05, 0.1) is 0 Å². The number of hydrogen-bond donors (Lipinski definition) is 1. The molecule has 0 rings (SSSR count). The van der Waals surface area contributed by atoms with E-state index in [1.807, 2.05) is 6.08 Å². The van der Waals surface area contributed by atoms with Gasteiger partial charge < -0.3 is 5.32 Å². The molecule has 0 amide bonds. The maximum absolute atomic E-state index is 3.73. The summed E-state index contributed by atoms with van der Waals surface area (Å²) in [4.78, 5) is 0. The Morgan fingerprint density at radius 2 is 1.94 bits per heavy atom. The molecule has 0 atom stereocenters. The standard InChI is InChI=1S/C15H27N/c1-7-10-13(3)14(8-2)11-9-12-16-15(4,5)6/h7-8,10,16H,1,9,11-12H2,2-6H3/b13-10+,14-8-. The Kier molecular flexibility index (Phi) is 7.07. The molecule has 0 aliphatic heterocycles. The van der Waals surface area contributed by atoms with Crippen LogP contribution in [0, 0.1) is 0 Å². The predicted molar refractivity (Wildman–Crippen MR) is 74.7 cm³/mol. The van der Waals surface area contributed by atoms with E-state index in [-0.39, 0.29) is 5.54 Å². The molecule has 0 aromatic carbocycles. The molecule has 0 unspecified atom stereocenters. The van der Waals surface area contributed by atoms with Gasteiger partial charge in [-0.2, -0.15) is 0 Å². The zero-order valence-electron chi connectivity index (χ0n) is 11.6. The lowest BCUT2D eigenvalue weighted by atomic mass is 10.0. The third-order valence-electron chi connectivity index (χ3n) is 2.50. The van der Waals surface area contributed by atoms with E-state index in [4.69, 9.17) is 0 Å². The summed E-state index contributed by atoms with van der Waals surface area (Å²) in [5.41, 5.74) is 2.98. The first kappa shape index (κ1) is 15.2. The molecular weight excluding hydrogens is 194 g/mol. The molecular formula is C15H27N. The van der Waals surface area contributed by atoms with Gasteiger partial charge in [0.1, 0.15) is 0 Å². The Labute approximate surface area is 101 Å². The van der Waals surface area contributed by atoms with Crippen molar-refractivity contribution < 1.29 is 0 Å². The predicted octanol–water partition coefficient (Wildman–Crippen LogP) is 4.23. The third-order valence-corrected chi connectivity index (χ3v) is 2.50. The summed E-state index contributed by atoms with van der Waals surface area (Å²) in [6, 6.07) is 0. The average Bonchev–Trinajstić information content (AvgIpc) is 2.16. The first-order valence-electron chi connectivity index (χ1n) is 6.10. The molecule has 0 heterocycles. The highest BCUT2D eigenvalue weighted by Crippen LogP contribution is 2.15. The molecule has 0 saturated carbocycles. The summed E-state index contributed by atoms with van der Waals surface area (Å²) >= 11 is 0. The van der Waals surface area contributed by atoms with Gasteiger partial charge in [-0.15, -0.1) is 0 Å². The van der Waals surface area contributed by atoms with Crippen molar-refractivity contribution >= 4 is 0 Å². The molecule has 0 aliphatic carbocycles. The van der Waals surface area contributed by atoms with Crippen LogP contribution in [0.4, 0.5) is 0 Å². The van der Waals surface area contributed by atoms with Crippen molar-refractivity contribution in [1.29, 1.82) is 0 Å². The van der Waals surface area contributed by atoms with Crippen LogP contribution in [0.15, 0.2) is 36.0 Å². The molecule has 0 bridgehead atoms. The fraction of sp³-hybridized carbons (Fsp3) is 0.600. The maximum atomic E-state index is 3.73. The lowest BCUT2D eigenvalue weighted by molar-refractivity contribution is 0.422. The van der Waals surface area contributed by atoms with Crippen molar-refractivity contribution in [3.05, 3.63) is 36.0 Å². The van der Waals surface area contributed by atoms with Gasteiger partial charge in [-0.05, 0) is 65.2 Å². The molecule has 1 N–H and O–H groups in total. The number of allylic oxidation sites excluding steroid dienone is 5. The monoisotopic (exact) mass is 221 g/mol. The summed E-state index contributed by atoms with van der Waals surface area (Å²) in [6.45, 7) is 15.7. The Balaban J connectivity index is 4.00. The quantitative estimate of drug-likeness (QED) is 0.523. The molecule has 0 fully saturated rings. The van der Waals surface area contributed by atoms with Crippen LogP contribution in [0.2, 0.25) is 0 Å². The van der Waals surface area contributed by atoms with E-state index >= 15 is 0 Å². The van der Waals surface area contributed by atoms with Gasteiger partial charge in [-0.3, -0.25) is 0 Å². The second kappa shape index (κ2) is 7.45. The molecule has 0 saturated heterocycles. The van der Waals surface area contributed by atoms with Crippen molar-refractivity contribution in [2.75, 3.05) is 6.54 Å². The number of nitrogens with one attached hydrogen (secondary N) is 1. The Hall–Kier alpha value is -0.820. The SMILES string of the molecule is C=C/C=C(C)/C(=C\C)CCCNC(C)(C)C. The van der Waals surface area contributed by atoms with Crippen molar-refractivity contribution in [2.24, 2.45) is 0 Å². The van der Waals surface area contributed by atoms with Crippen molar-refractivity contribution in [3.63, 3.8) is 0 Å². The van der Waals surface area contributed by atoms with Crippen LogP contribution in [-0.2, 0) is 0 Å². The van der Waals surface area contributed by atoms with E-state index in [1.54, 1.807) is 0 Å². The first-order chi connectivity index (χ1) is 7.40. The summed E-state index contributed by atoms with van der Waals surface area (Å²) in [5, 5.41) is 3.51. The normalized spacial score (nSPS) is 14.1. The summed E-state index contributed by atoms with van der Waals surface area (Å²) in [6.07, 6.45) is 8.44. The minimum atomic E-state index is 0.224. The van der Waals surface area contributed by atoms with E-state index in [1.165, 1.54) is 17.6 Å². The van der Waals surface area contributed by atoms with Gasteiger partial charge in [0.15, 0.2) is 0 Å². The number of rotatable bonds is 6. The van der Waals surface area contributed by atoms with Gasteiger partial charge in [0.25, 0.3) is 0 Å². The summed E-state index contributed by atoms with van der Waals surface area (Å²) in [7, 11) is 0. The average molecular weight is 221 g/mol. The summed E-state index contributed by atoms with van der Waals surface area (Å²) in [5.74, 6) is 0. The number of hydrogen-bond acceptors (Lipinski definition) is 1. The van der Waals surface area contributed by atoms with Gasteiger partial charge in [-0.1, -0.05) is 24.8 Å².